The lowest BCUT2D eigenvalue weighted by atomic mass is 10.0. The molecular formula is C16H21N3O. The summed E-state index contributed by atoms with van der Waals surface area (Å²) in [7, 11) is 0. The van der Waals surface area contributed by atoms with Crippen molar-refractivity contribution in [3.8, 4) is 11.5 Å². The smallest absolute Gasteiger partial charge is 0.258 e. The Morgan fingerprint density at radius 3 is 2.75 bits per heavy atom. The minimum Gasteiger partial charge on any atom is -0.399 e. The molecule has 0 radical (unpaired) electrons. The Labute approximate surface area is 119 Å². The van der Waals surface area contributed by atoms with Crippen LogP contribution < -0.4 is 5.73 Å². The molecule has 1 aromatic carbocycles. The fourth-order valence-electron chi connectivity index (χ4n) is 3.06. The third kappa shape index (κ3) is 2.30. The highest BCUT2D eigenvalue weighted by molar-refractivity contribution is 5.66. The normalized spacial score (nSPS) is 22.4. The van der Waals surface area contributed by atoms with Gasteiger partial charge in [-0.05, 0) is 62.3 Å². The van der Waals surface area contributed by atoms with Crippen molar-refractivity contribution < 1.29 is 4.52 Å². The van der Waals surface area contributed by atoms with Crippen molar-refractivity contribution >= 4 is 5.69 Å². The van der Waals surface area contributed by atoms with Crippen LogP contribution in [0.5, 0.6) is 0 Å². The summed E-state index contributed by atoms with van der Waals surface area (Å²) >= 11 is 0. The van der Waals surface area contributed by atoms with Crippen molar-refractivity contribution in [2.45, 2.75) is 46.0 Å². The highest BCUT2D eigenvalue weighted by Crippen LogP contribution is 2.37. The van der Waals surface area contributed by atoms with Crippen LogP contribution in [0.15, 0.2) is 16.7 Å². The average molecular weight is 271 g/mol. The van der Waals surface area contributed by atoms with Crippen LogP contribution in [0.3, 0.4) is 0 Å². The van der Waals surface area contributed by atoms with Gasteiger partial charge in [-0.25, -0.2) is 0 Å². The van der Waals surface area contributed by atoms with Gasteiger partial charge in [-0.2, -0.15) is 4.98 Å². The molecule has 3 rings (SSSR count). The molecule has 1 aliphatic rings. The maximum Gasteiger partial charge on any atom is 0.258 e. The standard InChI is InChI=1S/C16H21N3O/c1-9-4-5-12(6-9)15-18-16(20-19-15)14-8-13(17)7-10(2)11(14)3/h7-9,12H,4-6,17H2,1-3H3. The first-order valence-electron chi connectivity index (χ1n) is 7.25. The van der Waals surface area contributed by atoms with Crippen LogP contribution in [0.25, 0.3) is 11.5 Å². The first-order chi connectivity index (χ1) is 9.54. The molecule has 0 bridgehead atoms. The molecule has 0 saturated heterocycles. The van der Waals surface area contributed by atoms with E-state index < -0.39 is 0 Å². The number of aromatic nitrogens is 2. The van der Waals surface area contributed by atoms with Crippen LogP contribution >= 0.6 is 0 Å². The first kappa shape index (κ1) is 13.2. The minimum atomic E-state index is 0.449. The number of nitrogen functional groups attached to an aromatic ring is 1. The summed E-state index contributed by atoms with van der Waals surface area (Å²) < 4.78 is 5.47. The summed E-state index contributed by atoms with van der Waals surface area (Å²) in [6.07, 6.45) is 3.58. The zero-order valence-electron chi connectivity index (χ0n) is 12.3. The van der Waals surface area contributed by atoms with Crippen LogP contribution in [-0.2, 0) is 0 Å². The summed E-state index contributed by atoms with van der Waals surface area (Å²) in [6.45, 7) is 6.39. The fourth-order valence-corrected chi connectivity index (χ4v) is 3.06. The molecule has 2 atom stereocenters. The largest absolute Gasteiger partial charge is 0.399 e. The number of hydrogen-bond donors (Lipinski definition) is 1. The van der Waals surface area contributed by atoms with Crippen molar-refractivity contribution in [1.29, 1.82) is 0 Å². The van der Waals surface area contributed by atoms with Gasteiger partial charge in [0.25, 0.3) is 5.89 Å². The molecule has 1 fully saturated rings. The van der Waals surface area contributed by atoms with Crippen molar-refractivity contribution in [3.05, 3.63) is 29.1 Å². The number of rotatable bonds is 2. The van der Waals surface area contributed by atoms with E-state index in [2.05, 4.69) is 24.0 Å². The summed E-state index contributed by atoms with van der Waals surface area (Å²) in [5, 5.41) is 4.18. The Hall–Kier alpha value is -1.84. The third-order valence-corrected chi connectivity index (χ3v) is 4.42. The molecule has 20 heavy (non-hydrogen) atoms. The van der Waals surface area contributed by atoms with Gasteiger partial charge in [0.1, 0.15) is 0 Å². The monoisotopic (exact) mass is 271 g/mol. The van der Waals surface area contributed by atoms with E-state index >= 15 is 0 Å². The molecule has 0 spiro atoms. The van der Waals surface area contributed by atoms with Crippen LogP contribution in [-0.4, -0.2) is 10.1 Å². The third-order valence-electron chi connectivity index (χ3n) is 4.42. The molecule has 1 aromatic heterocycles. The number of nitrogens with two attached hydrogens (primary N) is 1. The summed E-state index contributed by atoms with van der Waals surface area (Å²) in [5.74, 6) is 2.65. The lowest BCUT2D eigenvalue weighted by Crippen LogP contribution is -1.97. The lowest BCUT2D eigenvalue weighted by molar-refractivity contribution is 0.414. The highest BCUT2D eigenvalue weighted by Gasteiger charge is 2.27. The number of aryl methyl sites for hydroxylation is 1. The van der Waals surface area contributed by atoms with Gasteiger partial charge in [0.2, 0.25) is 0 Å². The molecule has 1 aliphatic carbocycles. The van der Waals surface area contributed by atoms with Crippen LogP contribution in [0.4, 0.5) is 5.69 Å². The van der Waals surface area contributed by atoms with E-state index in [4.69, 9.17) is 10.3 Å². The van der Waals surface area contributed by atoms with Crippen LogP contribution in [0.1, 0.15) is 49.1 Å². The van der Waals surface area contributed by atoms with Gasteiger partial charge in [-0.15, -0.1) is 0 Å². The molecule has 4 nitrogen and oxygen atoms in total. The number of benzene rings is 1. The molecule has 2 N–H and O–H groups in total. The fraction of sp³-hybridized carbons (Fsp3) is 0.500. The zero-order chi connectivity index (χ0) is 14.3. The quantitative estimate of drug-likeness (QED) is 0.843. The van der Waals surface area contributed by atoms with E-state index in [0.29, 0.717) is 11.8 Å². The average Bonchev–Trinajstić information content (AvgIpc) is 3.02. The highest BCUT2D eigenvalue weighted by atomic mass is 16.5. The molecule has 4 heteroatoms. The Morgan fingerprint density at radius 1 is 1.25 bits per heavy atom. The summed E-state index contributed by atoms with van der Waals surface area (Å²) in [5.41, 5.74) is 9.90. The summed E-state index contributed by atoms with van der Waals surface area (Å²) in [6, 6.07) is 3.88. The van der Waals surface area contributed by atoms with E-state index in [1.807, 2.05) is 19.1 Å². The maximum atomic E-state index is 5.92. The zero-order valence-corrected chi connectivity index (χ0v) is 12.3. The molecule has 1 saturated carbocycles. The molecule has 2 unspecified atom stereocenters. The van der Waals surface area contributed by atoms with Gasteiger partial charge in [0.05, 0.1) is 0 Å². The van der Waals surface area contributed by atoms with E-state index in [-0.39, 0.29) is 0 Å². The van der Waals surface area contributed by atoms with Crippen molar-refractivity contribution in [1.82, 2.24) is 10.1 Å². The molecule has 106 valence electrons. The van der Waals surface area contributed by atoms with E-state index in [0.717, 1.165) is 47.0 Å². The Bertz CT molecular complexity index is 633. The predicted octanol–water partition coefficient (Wildman–Crippen LogP) is 3.84. The second-order valence-electron chi connectivity index (χ2n) is 6.08. The van der Waals surface area contributed by atoms with Crippen LogP contribution in [0.2, 0.25) is 0 Å². The SMILES string of the molecule is Cc1cc(N)cc(-c2nc(C3CCC(C)C3)no2)c1C. The molecule has 2 aromatic rings. The first-order valence-corrected chi connectivity index (χ1v) is 7.25. The lowest BCUT2D eigenvalue weighted by Gasteiger charge is -2.06. The second kappa shape index (κ2) is 4.93. The van der Waals surface area contributed by atoms with Crippen molar-refractivity contribution in [3.63, 3.8) is 0 Å². The Kier molecular flexibility index (Phi) is 3.24. The predicted molar refractivity (Wildman–Crippen MR) is 79.4 cm³/mol. The Morgan fingerprint density at radius 2 is 2.05 bits per heavy atom. The van der Waals surface area contributed by atoms with E-state index in [1.165, 1.54) is 6.42 Å². The molecule has 1 heterocycles. The van der Waals surface area contributed by atoms with Crippen molar-refractivity contribution in [2.24, 2.45) is 5.92 Å². The van der Waals surface area contributed by atoms with Gasteiger partial charge in [-0.1, -0.05) is 12.1 Å². The molecular weight excluding hydrogens is 250 g/mol. The van der Waals surface area contributed by atoms with Gasteiger partial charge >= 0.3 is 0 Å². The number of anilines is 1. The van der Waals surface area contributed by atoms with Crippen LogP contribution in [0, 0.1) is 19.8 Å². The van der Waals surface area contributed by atoms with Gasteiger partial charge < -0.3 is 10.3 Å². The Balaban J connectivity index is 1.94. The number of nitrogens with zero attached hydrogens (tertiary/aromatic N) is 2. The second-order valence-corrected chi connectivity index (χ2v) is 6.08. The van der Waals surface area contributed by atoms with Gasteiger partial charge in [0.15, 0.2) is 5.82 Å². The summed E-state index contributed by atoms with van der Waals surface area (Å²) in [4.78, 5) is 4.61. The topological polar surface area (TPSA) is 64.9 Å². The maximum absolute atomic E-state index is 5.92. The number of hydrogen-bond acceptors (Lipinski definition) is 4. The van der Waals surface area contributed by atoms with Gasteiger partial charge in [-0.3, -0.25) is 0 Å². The molecule has 0 aliphatic heterocycles. The molecule has 0 amide bonds. The minimum absolute atomic E-state index is 0.449. The van der Waals surface area contributed by atoms with Crippen molar-refractivity contribution in [2.75, 3.05) is 5.73 Å². The van der Waals surface area contributed by atoms with E-state index in [1.54, 1.807) is 0 Å². The van der Waals surface area contributed by atoms with E-state index in [9.17, 15) is 0 Å². The van der Waals surface area contributed by atoms with Gasteiger partial charge in [0, 0.05) is 17.2 Å².